The van der Waals surface area contributed by atoms with Crippen LogP contribution in [0.4, 0.5) is 0 Å². The minimum atomic E-state index is 0.609. The molecule has 0 aliphatic heterocycles. The van der Waals surface area contributed by atoms with Crippen LogP contribution in [0.3, 0.4) is 0 Å². The monoisotopic (exact) mass is 271 g/mol. The van der Waals surface area contributed by atoms with Gasteiger partial charge in [-0.3, -0.25) is 0 Å². The lowest BCUT2D eigenvalue weighted by molar-refractivity contribution is 0.232. The lowest BCUT2D eigenvalue weighted by atomic mass is 9.72. The second-order valence-corrected chi connectivity index (χ2v) is 6.56. The summed E-state index contributed by atoms with van der Waals surface area (Å²) in [5, 5.41) is 3.06. The number of thiophene rings is 1. The fourth-order valence-corrected chi connectivity index (χ4v) is 4.57. The molecule has 0 saturated heterocycles. The molecule has 0 aromatic carbocycles. The molecule has 1 heterocycles. The standard InChI is InChI=1S/C14H22ClNS/c1-2-3-10-4-5-11(9-16)12(8-10)14-13(15)6-7-17-14/h6-7,10-12H,2-5,8-9,16H2,1H3. The minimum Gasteiger partial charge on any atom is -0.330 e. The highest BCUT2D eigenvalue weighted by Crippen LogP contribution is 2.45. The molecule has 2 rings (SSSR count). The molecule has 1 aromatic rings. The van der Waals surface area contributed by atoms with E-state index in [0.717, 1.165) is 17.5 Å². The van der Waals surface area contributed by atoms with Gasteiger partial charge >= 0.3 is 0 Å². The molecule has 3 unspecified atom stereocenters. The van der Waals surface area contributed by atoms with Crippen LogP contribution in [0.15, 0.2) is 11.4 Å². The lowest BCUT2D eigenvalue weighted by Crippen LogP contribution is -2.28. The Labute approximate surface area is 113 Å². The van der Waals surface area contributed by atoms with Crippen LogP contribution in [0.5, 0.6) is 0 Å². The zero-order chi connectivity index (χ0) is 12.3. The molecule has 1 aliphatic rings. The van der Waals surface area contributed by atoms with Crippen molar-refractivity contribution in [1.29, 1.82) is 0 Å². The summed E-state index contributed by atoms with van der Waals surface area (Å²) in [6.45, 7) is 3.08. The Bertz CT molecular complexity index is 350. The molecule has 1 nitrogen and oxygen atoms in total. The minimum absolute atomic E-state index is 0.609. The predicted octanol–water partition coefficient (Wildman–Crippen LogP) is 4.66. The Hall–Kier alpha value is -0.0500. The fourth-order valence-electron chi connectivity index (χ4n) is 3.16. The molecule has 0 amide bonds. The third kappa shape index (κ3) is 3.04. The summed E-state index contributed by atoms with van der Waals surface area (Å²) in [6, 6.07) is 2.03. The lowest BCUT2D eigenvalue weighted by Gasteiger charge is -2.35. The first-order valence-corrected chi connectivity index (χ1v) is 7.95. The second-order valence-electron chi connectivity index (χ2n) is 5.20. The van der Waals surface area contributed by atoms with E-state index in [1.807, 2.05) is 17.4 Å². The Kier molecular flexibility index (Phi) is 4.89. The van der Waals surface area contributed by atoms with Gasteiger partial charge in [0.15, 0.2) is 0 Å². The topological polar surface area (TPSA) is 26.0 Å². The summed E-state index contributed by atoms with van der Waals surface area (Å²) in [5.41, 5.74) is 5.93. The van der Waals surface area contributed by atoms with E-state index >= 15 is 0 Å². The molecule has 0 bridgehead atoms. The largest absolute Gasteiger partial charge is 0.330 e. The van der Waals surface area contributed by atoms with E-state index in [9.17, 15) is 0 Å². The van der Waals surface area contributed by atoms with E-state index in [0.29, 0.717) is 11.8 Å². The van der Waals surface area contributed by atoms with Crippen molar-refractivity contribution >= 4 is 22.9 Å². The van der Waals surface area contributed by atoms with E-state index in [2.05, 4.69) is 12.3 Å². The maximum Gasteiger partial charge on any atom is 0.0547 e. The highest BCUT2D eigenvalue weighted by atomic mass is 35.5. The Morgan fingerprint density at radius 2 is 2.29 bits per heavy atom. The van der Waals surface area contributed by atoms with Crippen molar-refractivity contribution in [2.24, 2.45) is 17.6 Å². The summed E-state index contributed by atoms with van der Waals surface area (Å²) in [5.74, 6) is 2.13. The smallest absolute Gasteiger partial charge is 0.0547 e. The average molecular weight is 272 g/mol. The average Bonchev–Trinajstić information content (AvgIpc) is 2.76. The fraction of sp³-hybridized carbons (Fsp3) is 0.714. The van der Waals surface area contributed by atoms with Crippen LogP contribution in [0.25, 0.3) is 0 Å². The number of nitrogens with two attached hydrogens (primary N) is 1. The molecule has 1 aromatic heterocycles. The van der Waals surface area contributed by atoms with Crippen molar-refractivity contribution < 1.29 is 0 Å². The molecular weight excluding hydrogens is 250 g/mol. The van der Waals surface area contributed by atoms with E-state index in [1.54, 1.807) is 0 Å². The summed E-state index contributed by atoms with van der Waals surface area (Å²) in [4.78, 5) is 1.38. The van der Waals surface area contributed by atoms with Gasteiger partial charge in [0.25, 0.3) is 0 Å². The van der Waals surface area contributed by atoms with Crippen LogP contribution in [-0.2, 0) is 0 Å². The zero-order valence-electron chi connectivity index (χ0n) is 10.5. The first-order chi connectivity index (χ1) is 8.26. The third-order valence-corrected chi connectivity index (χ3v) is 5.57. The summed E-state index contributed by atoms with van der Waals surface area (Å²) < 4.78 is 0. The Balaban J connectivity index is 2.13. The van der Waals surface area contributed by atoms with Gasteiger partial charge in [0.05, 0.1) is 5.02 Å². The van der Waals surface area contributed by atoms with Crippen molar-refractivity contribution in [3.05, 3.63) is 21.3 Å². The third-order valence-electron chi connectivity index (χ3n) is 4.08. The maximum absolute atomic E-state index is 6.29. The van der Waals surface area contributed by atoms with Crippen LogP contribution in [-0.4, -0.2) is 6.54 Å². The zero-order valence-corrected chi connectivity index (χ0v) is 12.1. The van der Waals surface area contributed by atoms with Crippen molar-refractivity contribution in [1.82, 2.24) is 0 Å². The van der Waals surface area contributed by atoms with Crippen LogP contribution in [0, 0.1) is 11.8 Å². The predicted molar refractivity (Wildman–Crippen MR) is 76.9 cm³/mol. The molecule has 1 fully saturated rings. The Morgan fingerprint density at radius 3 is 2.88 bits per heavy atom. The van der Waals surface area contributed by atoms with Gasteiger partial charge in [-0.15, -0.1) is 11.3 Å². The van der Waals surface area contributed by atoms with Crippen molar-refractivity contribution in [2.45, 2.75) is 44.9 Å². The first kappa shape index (κ1) is 13.4. The van der Waals surface area contributed by atoms with Crippen LogP contribution in [0.2, 0.25) is 5.02 Å². The molecule has 3 atom stereocenters. The number of halogens is 1. The second kappa shape index (κ2) is 6.21. The molecule has 1 aliphatic carbocycles. The molecule has 96 valence electrons. The highest BCUT2D eigenvalue weighted by molar-refractivity contribution is 7.10. The maximum atomic E-state index is 6.29. The van der Waals surface area contributed by atoms with E-state index in [1.165, 1.54) is 37.0 Å². The van der Waals surface area contributed by atoms with Gasteiger partial charge in [-0.2, -0.15) is 0 Å². The van der Waals surface area contributed by atoms with Crippen molar-refractivity contribution in [3.8, 4) is 0 Å². The van der Waals surface area contributed by atoms with Gasteiger partial charge in [-0.25, -0.2) is 0 Å². The summed E-state index contributed by atoms with van der Waals surface area (Å²) in [7, 11) is 0. The molecule has 2 N–H and O–H groups in total. The quantitative estimate of drug-likeness (QED) is 0.847. The van der Waals surface area contributed by atoms with Gasteiger partial charge in [0.2, 0.25) is 0 Å². The number of hydrogen-bond acceptors (Lipinski definition) is 2. The van der Waals surface area contributed by atoms with Gasteiger partial charge in [0.1, 0.15) is 0 Å². The van der Waals surface area contributed by atoms with Crippen LogP contribution < -0.4 is 5.73 Å². The first-order valence-electron chi connectivity index (χ1n) is 6.69. The molecule has 17 heavy (non-hydrogen) atoms. The number of rotatable bonds is 4. The van der Waals surface area contributed by atoms with E-state index in [4.69, 9.17) is 17.3 Å². The van der Waals surface area contributed by atoms with E-state index in [-0.39, 0.29) is 0 Å². The van der Waals surface area contributed by atoms with E-state index < -0.39 is 0 Å². The van der Waals surface area contributed by atoms with Gasteiger partial charge < -0.3 is 5.73 Å². The SMILES string of the molecule is CCCC1CCC(CN)C(c2sccc2Cl)C1. The van der Waals surface area contributed by atoms with Crippen LogP contribution in [0.1, 0.15) is 49.8 Å². The Morgan fingerprint density at radius 1 is 1.47 bits per heavy atom. The molecular formula is C14H22ClNS. The van der Waals surface area contributed by atoms with Crippen molar-refractivity contribution in [3.63, 3.8) is 0 Å². The molecule has 3 heteroatoms. The van der Waals surface area contributed by atoms with Gasteiger partial charge in [-0.1, -0.05) is 37.8 Å². The number of hydrogen-bond donors (Lipinski definition) is 1. The summed E-state index contributed by atoms with van der Waals surface area (Å²) in [6.07, 6.45) is 6.57. The molecule has 1 saturated carbocycles. The molecule has 0 spiro atoms. The molecule has 0 radical (unpaired) electrons. The normalized spacial score (nSPS) is 29.5. The van der Waals surface area contributed by atoms with Gasteiger partial charge in [0, 0.05) is 4.88 Å². The van der Waals surface area contributed by atoms with Crippen LogP contribution >= 0.6 is 22.9 Å². The summed E-state index contributed by atoms with van der Waals surface area (Å²) >= 11 is 8.10. The van der Waals surface area contributed by atoms with Gasteiger partial charge in [-0.05, 0) is 48.6 Å². The van der Waals surface area contributed by atoms with Crippen molar-refractivity contribution in [2.75, 3.05) is 6.54 Å². The highest BCUT2D eigenvalue weighted by Gasteiger charge is 2.32.